The first kappa shape index (κ1) is 13.7. The van der Waals surface area contributed by atoms with Crippen molar-refractivity contribution in [3.05, 3.63) is 35.6 Å². The number of fused-ring (bicyclic) bond motifs is 1. The first-order valence-corrected chi connectivity index (χ1v) is 6.65. The van der Waals surface area contributed by atoms with Crippen LogP contribution in [0.5, 0.6) is 0 Å². The summed E-state index contributed by atoms with van der Waals surface area (Å²) in [4.78, 5) is 14.3. The molecule has 0 atom stereocenters. The molecule has 1 aromatic carbocycles. The van der Waals surface area contributed by atoms with Crippen LogP contribution in [-0.4, -0.2) is 22.9 Å². The lowest BCUT2D eigenvalue weighted by atomic mass is 10.1. The molecule has 3 heteroatoms. The number of furan rings is 1. The number of hydrogen-bond acceptors (Lipinski definition) is 2. The van der Waals surface area contributed by atoms with E-state index in [1.165, 1.54) is 0 Å². The van der Waals surface area contributed by atoms with Gasteiger partial charge in [0.05, 0.1) is 0 Å². The molecule has 0 aliphatic rings. The van der Waals surface area contributed by atoms with Gasteiger partial charge in [0.15, 0.2) is 5.76 Å². The number of amides is 1. The summed E-state index contributed by atoms with van der Waals surface area (Å²) in [5, 5.41) is 0.971. The number of carbonyl (C=O) groups is 1. The normalized spacial score (nSPS) is 11.8. The van der Waals surface area contributed by atoms with Crippen LogP contribution in [0.25, 0.3) is 11.0 Å². The predicted molar refractivity (Wildman–Crippen MR) is 77.4 cm³/mol. The van der Waals surface area contributed by atoms with Crippen LogP contribution < -0.4 is 0 Å². The Labute approximate surface area is 114 Å². The van der Waals surface area contributed by atoms with Crippen LogP contribution >= 0.6 is 0 Å². The number of benzene rings is 1. The lowest BCUT2D eigenvalue weighted by Gasteiger charge is -2.34. The molecule has 1 aromatic heterocycles. The summed E-state index contributed by atoms with van der Waals surface area (Å²) in [6, 6.07) is 7.79. The Bertz CT molecular complexity index is 605. The van der Waals surface area contributed by atoms with Gasteiger partial charge in [-0.05, 0) is 52.3 Å². The van der Waals surface area contributed by atoms with E-state index in [4.69, 9.17) is 4.42 Å². The van der Waals surface area contributed by atoms with Gasteiger partial charge in [0.25, 0.3) is 5.91 Å². The molecule has 0 spiro atoms. The van der Waals surface area contributed by atoms with Crippen LogP contribution in [-0.2, 0) is 0 Å². The minimum atomic E-state index is -0.208. The highest BCUT2D eigenvalue weighted by atomic mass is 16.3. The molecule has 0 aliphatic heterocycles. The third-order valence-corrected chi connectivity index (χ3v) is 3.26. The van der Waals surface area contributed by atoms with Crippen molar-refractivity contribution < 1.29 is 9.21 Å². The SMILES string of the molecule is CCN(C(=O)c1cc2ccc(C)cc2o1)C(C)(C)C. The maximum atomic E-state index is 12.5. The smallest absolute Gasteiger partial charge is 0.290 e. The Balaban J connectivity index is 2.41. The summed E-state index contributed by atoms with van der Waals surface area (Å²) in [5.74, 6) is 0.362. The third kappa shape index (κ3) is 2.65. The summed E-state index contributed by atoms with van der Waals surface area (Å²) in [6.07, 6.45) is 0. The maximum absolute atomic E-state index is 12.5. The molecule has 0 unspecified atom stereocenters. The van der Waals surface area contributed by atoms with Gasteiger partial charge in [-0.2, -0.15) is 0 Å². The molecule has 0 saturated carbocycles. The molecule has 0 fully saturated rings. The molecule has 2 aromatic rings. The topological polar surface area (TPSA) is 33.5 Å². The highest BCUT2D eigenvalue weighted by Gasteiger charge is 2.27. The molecular weight excluding hydrogens is 238 g/mol. The van der Waals surface area contributed by atoms with Crippen molar-refractivity contribution in [2.24, 2.45) is 0 Å². The number of hydrogen-bond donors (Lipinski definition) is 0. The molecule has 0 N–H and O–H groups in total. The van der Waals surface area contributed by atoms with Crippen LogP contribution in [0.1, 0.15) is 43.8 Å². The van der Waals surface area contributed by atoms with Crippen LogP contribution in [0, 0.1) is 6.92 Å². The molecule has 3 nitrogen and oxygen atoms in total. The average molecular weight is 259 g/mol. The Kier molecular flexibility index (Phi) is 3.40. The Morgan fingerprint density at radius 2 is 1.95 bits per heavy atom. The number of rotatable bonds is 2. The van der Waals surface area contributed by atoms with Gasteiger partial charge < -0.3 is 9.32 Å². The average Bonchev–Trinajstić information content (AvgIpc) is 2.70. The van der Waals surface area contributed by atoms with Gasteiger partial charge in [0, 0.05) is 17.5 Å². The first-order valence-electron chi connectivity index (χ1n) is 6.65. The zero-order chi connectivity index (χ0) is 14.2. The molecule has 1 heterocycles. The summed E-state index contributed by atoms with van der Waals surface area (Å²) in [6.45, 7) is 10.7. The zero-order valence-corrected chi connectivity index (χ0v) is 12.3. The highest BCUT2D eigenvalue weighted by Crippen LogP contribution is 2.24. The van der Waals surface area contributed by atoms with Gasteiger partial charge in [-0.3, -0.25) is 4.79 Å². The van der Waals surface area contributed by atoms with Crippen molar-refractivity contribution in [1.82, 2.24) is 4.90 Å². The highest BCUT2D eigenvalue weighted by molar-refractivity contribution is 5.96. The zero-order valence-electron chi connectivity index (χ0n) is 12.3. The Morgan fingerprint density at radius 1 is 1.26 bits per heavy atom. The molecule has 0 aliphatic carbocycles. The number of aryl methyl sites for hydroxylation is 1. The largest absolute Gasteiger partial charge is 0.451 e. The first-order chi connectivity index (χ1) is 8.82. The quantitative estimate of drug-likeness (QED) is 0.816. The second-order valence-corrected chi connectivity index (χ2v) is 5.87. The summed E-state index contributed by atoms with van der Waals surface area (Å²) in [7, 11) is 0. The summed E-state index contributed by atoms with van der Waals surface area (Å²) >= 11 is 0. The summed E-state index contributed by atoms with van der Waals surface area (Å²) < 4.78 is 5.70. The second kappa shape index (κ2) is 4.72. The van der Waals surface area contributed by atoms with E-state index >= 15 is 0 Å². The van der Waals surface area contributed by atoms with Gasteiger partial charge in [-0.15, -0.1) is 0 Å². The lowest BCUT2D eigenvalue weighted by molar-refractivity contribution is 0.0568. The molecule has 19 heavy (non-hydrogen) atoms. The van der Waals surface area contributed by atoms with Crippen LogP contribution in [0.15, 0.2) is 28.7 Å². The second-order valence-electron chi connectivity index (χ2n) is 5.87. The van der Waals surface area contributed by atoms with E-state index in [0.29, 0.717) is 12.3 Å². The van der Waals surface area contributed by atoms with Gasteiger partial charge in [-0.1, -0.05) is 12.1 Å². The van der Waals surface area contributed by atoms with E-state index in [0.717, 1.165) is 16.5 Å². The van der Waals surface area contributed by atoms with Gasteiger partial charge in [0.1, 0.15) is 5.58 Å². The molecule has 102 valence electrons. The van der Waals surface area contributed by atoms with E-state index in [-0.39, 0.29) is 11.4 Å². The minimum Gasteiger partial charge on any atom is -0.451 e. The molecular formula is C16H21NO2. The summed E-state index contributed by atoms with van der Waals surface area (Å²) in [5.41, 5.74) is 1.69. The Morgan fingerprint density at radius 3 is 2.53 bits per heavy atom. The van der Waals surface area contributed by atoms with Gasteiger partial charge in [0.2, 0.25) is 0 Å². The van der Waals surface area contributed by atoms with Crippen molar-refractivity contribution in [2.75, 3.05) is 6.54 Å². The fourth-order valence-corrected chi connectivity index (χ4v) is 2.30. The molecule has 2 rings (SSSR count). The van der Waals surface area contributed by atoms with Crippen molar-refractivity contribution in [2.45, 2.75) is 40.2 Å². The van der Waals surface area contributed by atoms with Gasteiger partial charge in [-0.25, -0.2) is 0 Å². The minimum absolute atomic E-state index is 0.0520. The fourth-order valence-electron chi connectivity index (χ4n) is 2.30. The monoisotopic (exact) mass is 259 g/mol. The van der Waals surface area contributed by atoms with E-state index in [9.17, 15) is 4.79 Å². The maximum Gasteiger partial charge on any atom is 0.290 e. The molecule has 0 saturated heterocycles. The Hall–Kier alpha value is -1.77. The number of nitrogens with zero attached hydrogens (tertiary/aromatic N) is 1. The number of carbonyl (C=O) groups excluding carboxylic acids is 1. The van der Waals surface area contributed by atoms with E-state index in [2.05, 4.69) is 0 Å². The van der Waals surface area contributed by atoms with Crippen LogP contribution in [0.2, 0.25) is 0 Å². The standard InChI is InChI=1S/C16H21NO2/c1-6-17(16(3,4)5)15(18)14-10-12-8-7-11(2)9-13(12)19-14/h7-10H,6H2,1-5H3. The van der Waals surface area contributed by atoms with Crippen molar-refractivity contribution >= 4 is 16.9 Å². The molecule has 0 radical (unpaired) electrons. The molecule has 0 bridgehead atoms. The van der Waals surface area contributed by atoms with Crippen LogP contribution in [0.4, 0.5) is 0 Å². The van der Waals surface area contributed by atoms with Crippen molar-refractivity contribution in [3.8, 4) is 0 Å². The van der Waals surface area contributed by atoms with Gasteiger partial charge >= 0.3 is 0 Å². The van der Waals surface area contributed by atoms with Crippen LogP contribution in [0.3, 0.4) is 0 Å². The predicted octanol–water partition coefficient (Wildman–Crippen LogP) is 4.00. The third-order valence-electron chi connectivity index (χ3n) is 3.26. The van der Waals surface area contributed by atoms with E-state index < -0.39 is 0 Å². The van der Waals surface area contributed by atoms with E-state index in [1.54, 1.807) is 0 Å². The van der Waals surface area contributed by atoms with E-state index in [1.807, 2.05) is 63.8 Å². The van der Waals surface area contributed by atoms with Crippen molar-refractivity contribution in [3.63, 3.8) is 0 Å². The fraction of sp³-hybridized carbons (Fsp3) is 0.438. The molecule has 1 amide bonds. The lowest BCUT2D eigenvalue weighted by Crippen LogP contribution is -2.45. The van der Waals surface area contributed by atoms with Crippen molar-refractivity contribution in [1.29, 1.82) is 0 Å².